The summed E-state index contributed by atoms with van der Waals surface area (Å²) in [4.78, 5) is 12.1. The van der Waals surface area contributed by atoms with Crippen molar-refractivity contribution < 1.29 is 19.4 Å². The predicted molar refractivity (Wildman–Crippen MR) is 94.9 cm³/mol. The van der Waals surface area contributed by atoms with E-state index in [9.17, 15) is 9.90 Å². The highest BCUT2D eigenvalue weighted by atomic mass is 16.5. The number of hydrogen-bond acceptors (Lipinski definition) is 4. The number of phenolic OH excluding ortho intramolecular Hbond substituents is 1. The van der Waals surface area contributed by atoms with Crippen molar-refractivity contribution in [2.45, 2.75) is 19.8 Å². The van der Waals surface area contributed by atoms with Crippen molar-refractivity contribution in [3.63, 3.8) is 0 Å². The van der Waals surface area contributed by atoms with E-state index >= 15 is 0 Å². The van der Waals surface area contributed by atoms with Gasteiger partial charge < -0.3 is 14.6 Å². The number of hydrogen-bond donors (Lipinski definition) is 1. The van der Waals surface area contributed by atoms with Gasteiger partial charge in [-0.05, 0) is 42.3 Å². The second kappa shape index (κ2) is 8.77. The van der Waals surface area contributed by atoms with Crippen LogP contribution in [0.1, 0.15) is 35.7 Å². The molecule has 4 heteroatoms. The van der Waals surface area contributed by atoms with Crippen LogP contribution in [0.2, 0.25) is 0 Å². The molecule has 2 aromatic rings. The number of unbranched alkanes of at least 4 members (excludes halogenated alkanes) is 1. The normalized spacial score (nSPS) is 10.8. The second-order valence-electron chi connectivity index (χ2n) is 5.36. The fourth-order valence-electron chi connectivity index (χ4n) is 2.16. The van der Waals surface area contributed by atoms with E-state index in [4.69, 9.17) is 9.47 Å². The van der Waals surface area contributed by atoms with Crippen LogP contribution in [0.3, 0.4) is 0 Å². The average Bonchev–Trinajstić information content (AvgIpc) is 2.60. The molecule has 2 aromatic carbocycles. The van der Waals surface area contributed by atoms with Crippen LogP contribution in [0.5, 0.6) is 17.2 Å². The van der Waals surface area contributed by atoms with Gasteiger partial charge in [0.05, 0.1) is 13.7 Å². The third-order valence-electron chi connectivity index (χ3n) is 3.50. The van der Waals surface area contributed by atoms with Crippen molar-refractivity contribution in [2.24, 2.45) is 0 Å². The van der Waals surface area contributed by atoms with E-state index in [-0.39, 0.29) is 11.5 Å². The minimum absolute atomic E-state index is 0.0744. The van der Waals surface area contributed by atoms with Crippen LogP contribution >= 0.6 is 0 Å². The molecule has 0 unspecified atom stereocenters. The molecule has 0 aliphatic carbocycles. The maximum Gasteiger partial charge on any atom is 0.185 e. The largest absolute Gasteiger partial charge is 0.508 e. The average molecular weight is 326 g/mol. The molecule has 0 spiro atoms. The monoisotopic (exact) mass is 326 g/mol. The zero-order valence-electron chi connectivity index (χ0n) is 14.0. The van der Waals surface area contributed by atoms with E-state index in [1.54, 1.807) is 25.3 Å². The van der Waals surface area contributed by atoms with Crippen molar-refractivity contribution >= 4 is 11.9 Å². The standard InChI is InChI=1S/C20H22O4/c1-3-4-12-24-20-13-15(9-11-19(20)23-2)8-10-18(22)16-6-5-7-17(21)14-16/h5-11,13-14,21H,3-4,12H2,1-2H3/b10-8+. The summed E-state index contributed by atoms with van der Waals surface area (Å²) in [6, 6.07) is 11.8. The Balaban J connectivity index is 2.13. The number of carbonyl (C=O) groups is 1. The van der Waals surface area contributed by atoms with Gasteiger partial charge in [0.2, 0.25) is 0 Å². The van der Waals surface area contributed by atoms with Crippen molar-refractivity contribution in [1.82, 2.24) is 0 Å². The Morgan fingerprint density at radius 2 is 2.00 bits per heavy atom. The first kappa shape index (κ1) is 17.6. The molecular weight excluding hydrogens is 304 g/mol. The quantitative estimate of drug-likeness (QED) is 0.441. The molecule has 126 valence electrons. The molecule has 1 N–H and O–H groups in total. The molecule has 0 radical (unpaired) electrons. The number of aromatic hydroxyl groups is 1. The van der Waals surface area contributed by atoms with Crippen LogP contribution in [-0.4, -0.2) is 24.6 Å². The second-order valence-corrected chi connectivity index (χ2v) is 5.36. The summed E-state index contributed by atoms with van der Waals surface area (Å²) in [7, 11) is 1.60. The van der Waals surface area contributed by atoms with E-state index in [1.165, 1.54) is 18.2 Å². The zero-order chi connectivity index (χ0) is 17.4. The maximum absolute atomic E-state index is 12.1. The van der Waals surface area contributed by atoms with Gasteiger partial charge in [-0.2, -0.15) is 0 Å². The lowest BCUT2D eigenvalue weighted by Crippen LogP contribution is -1.99. The van der Waals surface area contributed by atoms with Gasteiger partial charge >= 0.3 is 0 Å². The molecule has 2 rings (SSSR count). The Bertz CT molecular complexity index is 719. The number of ether oxygens (including phenoxy) is 2. The Morgan fingerprint density at radius 1 is 1.17 bits per heavy atom. The zero-order valence-corrected chi connectivity index (χ0v) is 14.0. The highest BCUT2D eigenvalue weighted by molar-refractivity contribution is 6.07. The third kappa shape index (κ3) is 4.88. The first-order valence-electron chi connectivity index (χ1n) is 7.96. The van der Waals surface area contributed by atoms with Crippen molar-refractivity contribution in [2.75, 3.05) is 13.7 Å². The molecule has 4 nitrogen and oxygen atoms in total. The summed E-state index contributed by atoms with van der Waals surface area (Å²) in [5, 5.41) is 9.44. The third-order valence-corrected chi connectivity index (χ3v) is 3.50. The summed E-state index contributed by atoms with van der Waals surface area (Å²) in [5.41, 5.74) is 1.29. The van der Waals surface area contributed by atoms with Gasteiger partial charge in [-0.3, -0.25) is 4.79 Å². The molecule has 0 aliphatic heterocycles. The van der Waals surface area contributed by atoms with Gasteiger partial charge in [0.1, 0.15) is 5.75 Å². The molecule has 0 amide bonds. The van der Waals surface area contributed by atoms with Crippen LogP contribution < -0.4 is 9.47 Å². The summed E-state index contributed by atoms with van der Waals surface area (Å²) < 4.78 is 11.0. The van der Waals surface area contributed by atoms with Gasteiger partial charge in [0.25, 0.3) is 0 Å². The van der Waals surface area contributed by atoms with Crippen molar-refractivity contribution in [1.29, 1.82) is 0 Å². The minimum Gasteiger partial charge on any atom is -0.508 e. The lowest BCUT2D eigenvalue weighted by atomic mass is 10.1. The van der Waals surface area contributed by atoms with Gasteiger partial charge in [-0.15, -0.1) is 0 Å². The van der Waals surface area contributed by atoms with E-state index in [2.05, 4.69) is 6.92 Å². The fraction of sp³-hybridized carbons (Fsp3) is 0.250. The minimum atomic E-state index is -0.171. The molecule has 0 fully saturated rings. The van der Waals surface area contributed by atoms with Gasteiger partial charge in [0, 0.05) is 5.56 Å². The van der Waals surface area contributed by atoms with Gasteiger partial charge in [-0.1, -0.05) is 37.6 Å². The molecule has 0 aliphatic rings. The number of carbonyl (C=O) groups excluding carboxylic acids is 1. The number of benzene rings is 2. The summed E-state index contributed by atoms with van der Waals surface area (Å²) >= 11 is 0. The first-order valence-corrected chi connectivity index (χ1v) is 7.96. The van der Waals surface area contributed by atoms with Crippen molar-refractivity contribution in [3.8, 4) is 17.2 Å². The molecular formula is C20H22O4. The number of methoxy groups -OCH3 is 1. The van der Waals surface area contributed by atoms with Crippen LogP contribution in [-0.2, 0) is 0 Å². The molecule has 24 heavy (non-hydrogen) atoms. The molecule has 0 saturated carbocycles. The maximum atomic E-state index is 12.1. The molecule has 0 aromatic heterocycles. The SMILES string of the molecule is CCCCOc1cc(/C=C/C(=O)c2cccc(O)c2)ccc1OC. The number of phenols is 1. The van der Waals surface area contributed by atoms with Crippen molar-refractivity contribution in [3.05, 3.63) is 59.7 Å². The van der Waals surface area contributed by atoms with Crippen LogP contribution in [0.15, 0.2) is 48.5 Å². The topological polar surface area (TPSA) is 55.8 Å². The Hall–Kier alpha value is -2.75. The number of rotatable bonds is 8. The van der Waals surface area contributed by atoms with E-state index in [0.717, 1.165) is 18.4 Å². The van der Waals surface area contributed by atoms with Crippen LogP contribution in [0.25, 0.3) is 6.08 Å². The lowest BCUT2D eigenvalue weighted by Gasteiger charge is -2.11. The Kier molecular flexibility index (Phi) is 6.43. The molecule has 0 saturated heterocycles. The van der Waals surface area contributed by atoms with Crippen LogP contribution in [0, 0.1) is 0 Å². The van der Waals surface area contributed by atoms with E-state index in [0.29, 0.717) is 23.7 Å². The summed E-state index contributed by atoms with van der Waals surface area (Å²) in [6.45, 7) is 2.73. The lowest BCUT2D eigenvalue weighted by molar-refractivity contribution is 0.104. The van der Waals surface area contributed by atoms with E-state index in [1.807, 2.05) is 18.2 Å². The smallest absolute Gasteiger partial charge is 0.185 e. The van der Waals surface area contributed by atoms with Gasteiger partial charge in [0.15, 0.2) is 17.3 Å². The highest BCUT2D eigenvalue weighted by Gasteiger charge is 2.06. The fourth-order valence-corrected chi connectivity index (χ4v) is 2.16. The molecule has 0 atom stereocenters. The Labute approximate surface area is 142 Å². The van der Waals surface area contributed by atoms with Crippen LogP contribution in [0.4, 0.5) is 0 Å². The molecule has 0 heterocycles. The summed E-state index contributed by atoms with van der Waals surface area (Å²) in [5.74, 6) is 1.24. The number of ketones is 1. The van der Waals surface area contributed by atoms with Gasteiger partial charge in [-0.25, -0.2) is 0 Å². The number of allylic oxidation sites excluding steroid dienone is 1. The van der Waals surface area contributed by atoms with E-state index < -0.39 is 0 Å². The summed E-state index contributed by atoms with van der Waals surface area (Å²) in [6.07, 6.45) is 5.23. The predicted octanol–water partition coefficient (Wildman–Crippen LogP) is 4.48. The molecule has 0 bridgehead atoms. The Morgan fingerprint density at radius 3 is 2.71 bits per heavy atom. The first-order chi connectivity index (χ1) is 11.6. The highest BCUT2D eigenvalue weighted by Crippen LogP contribution is 2.29.